The van der Waals surface area contributed by atoms with Gasteiger partial charge >= 0.3 is 5.97 Å². The quantitative estimate of drug-likeness (QED) is 0.112. The second-order valence-electron chi connectivity index (χ2n) is 14.3. The van der Waals surface area contributed by atoms with Gasteiger partial charge in [0.15, 0.2) is 5.79 Å². The van der Waals surface area contributed by atoms with Crippen LogP contribution >= 0.6 is 0 Å². The van der Waals surface area contributed by atoms with Crippen molar-refractivity contribution < 1.29 is 43.5 Å². The molecule has 3 heterocycles. The topological polar surface area (TPSA) is 121 Å². The highest BCUT2D eigenvalue weighted by molar-refractivity contribution is 5.82. The van der Waals surface area contributed by atoms with Crippen LogP contribution in [0.25, 0.3) is 0 Å². The van der Waals surface area contributed by atoms with Crippen LogP contribution in [0.15, 0.2) is 58.7 Å². The van der Waals surface area contributed by atoms with E-state index in [1.165, 1.54) is 11.6 Å². The number of hydrogen-bond acceptors (Lipinski definition) is 9. The summed E-state index contributed by atoms with van der Waals surface area (Å²) >= 11 is 0. The van der Waals surface area contributed by atoms with E-state index < -0.39 is 29.6 Å². The summed E-state index contributed by atoms with van der Waals surface area (Å²) in [6.45, 7) is 15.0. The summed E-state index contributed by atoms with van der Waals surface area (Å²) in [5.41, 5.74) is 2.05. The Morgan fingerprint density at radius 1 is 1.19 bits per heavy atom. The minimum Gasteiger partial charge on any atom is -0.464 e. The molecule has 2 N–H and O–H groups in total. The normalized spacial score (nSPS) is 37.9. The molecule has 4 aliphatic rings. The van der Waals surface area contributed by atoms with Gasteiger partial charge < -0.3 is 33.9 Å². The average molecular weight is 657 g/mol. The Bertz CT molecular complexity index is 1260. The molecule has 1 aliphatic carbocycles. The molecule has 0 saturated carbocycles. The summed E-state index contributed by atoms with van der Waals surface area (Å²) in [6, 6.07) is 0. The largest absolute Gasteiger partial charge is 0.464 e. The third-order valence-corrected chi connectivity index (χ3v) is 10.5. The minimum absolute atomic E-state index is 0.0514. The second-order valence-corrected chi connectivity index (χ2v) is 14.3. The lowest BCUT2D eigenvalue weighted by Gasteiger charge is -2.48. The molecule has 1 spiro atoms. The zero-order chi connectivity index (χ0) is 34.4. The number of hydrogen-bond donors (Lipinski definition) is 2. The number of carbonyl (C=O) groups excluding carboxylic acids is 2. The molecular formula is C38H56O9. The van der Waals surface area contributed by atoms with Crippen LogP contribution in [0.1, 0.15) is 93.4 Å². The fourth-order valence-corrected chi connectivity index (χ4v) is 7.28. The molecule has 47 heavy (non-hydrogen) atoms. The Labute approximate surface area is 280 Å². The molecule has 10 atom stereocenters. The number of allylic oxidation sites excluding steroid dienone is 5. The first-order valence-corrected chi connectivity index (χ1v) is 17.3. The highest BCUT2D eigenvalue weighted by Crippen LogP contribution is 2.45. The molecular weight excluding hydrogens is 600 g/mol. The summed E-state index contributed by atoms with van der Waals surface area (Å²) in [7, 11) is 0. The highest BCUT2D eigenvalue weighted by Gasteiger charge is 2.55. The van der Waals surface area contributed by atoms with Crippen LogP contribution in [0.4, 0.5) is 0 Å². The average Bonchev–Trinajstić information content (AvgIpc) is 3.36. The number of fused-ring (bicyclic) bond motifs is 1. The van der Waals surface area contributed by atoms with E-state index in [0.29, 0.717) is 36.4 Å². The van der Waals surface area contributed by atoms with Gasteiger partial charge in [0.25, 0.3) is 6.47 Å². The Balaban J connectivity index is 1.33. The van der Waals surface area contributed by atoms with Crippen LogP contribution in [-0.2, 0) is 33.3 Å². The number of aliphatic hydroxyl groups is 2. The number of carbonyl (C=O) groups is 2. The third kappa shape index (κ3) is 9.12. The fraction of sp³-hybridized carbons (Fsp3) is 0.684. The van der Waals surface area contributed by atoms with Crippen molar-refractivity contribution in [2.24, 2.45) is 17.8 Å². The van der Waals surface area contributed by atoms with Crippen molar-refractivity contribution in [3.8, 4) is 0 Å². The van der Waals surface area contributed by atoms with Gasteiger partial charge in [-0.2, -0.15) is 0 Å². The predicted molar refractivity (Wildman–Crippen MR) is 179 cm³/mol. The van der Waals surface area contributed by atoms with Crippen LogP contribution in [-0.4, -0.2) is 77.8 Å². The van der Waals surface area contributed by atoms with Gasteiger partial charge in [0, 0.05) is 31.3 Å². The first-order chi connectivity index (χ1) is 22.3. The molecule has 0 bridgehead atoms. The fourth-order valence-electron chi connectivity index (χ4n) is 7.28. The van der Waals surface area contributed by atoms with E-state index in [-0.39, 0.29) is 43.4 Å². The molecule has 0 aromatic carbocycles. The van der Waals surface area contributed by atoms with Crippen molar-refractivity contribution >= 4 is 12.4 Å². The third-order valence-electron chi connectivity index (χ3n) is 10.5. The number of esters is 1. The summed E-state index contributed by atoms with van der Waals surface area (Å²) in [6.07, 6.45) is 14.7. The van der Waals surface area contributed by atoms with Crippen molar-refractivity contribution in [2.75, 3.05) is 13.2 Å². The van der Waals surface area contributed by atoms with Gasteiger partial charge in [0.05, 0.1) is 18.8 Å². The van der Waals surface area contributed by atoms with Gasteiger partial charge in [0.1, 0.15) is 30.5 Å². The van der Waals surface area contributed by atoms with Crippen LogP contribution in [0.5, 0.6) is 0 Å². The predicted octanol–water partition coefficient (Wildman–Crippen LogP) is 6.05. The van der Waals surface area contributed by atoms with Crippen LogP contribution in [0, 0.1) is 17.8 Å². The molecule has 3 fully saturated rings. The van der Waals surface area contributed by atoms with Crippen LogP contribution in [0.3, 0.4) is 0 Å². The summed E-state index contributed by atoms with van der Waals surface area (Å²) in [4.78, 5) is 23.3. The zero-order valence-corrected chi connectivity index (χ0v) is 29.3. The monoisotopic (exact) mass is 656 g/mol. The van der Waals surface area contributed by atoms with E-state index >= 15 is 0 Å². The van der Waals surface area contributed by atoms with E-state index in [4.69, 9.17) is 23.7 Å². The van der Waals surface area contributed by atoms with Crippen molar-refractivity contribution in [3.05, 3.63) is 58.7 Å². The molecule has 0 aromatic heterocycles. The first kappa shape index (κ1) is 37.3. The Hall–Kier alpha value is -2.56. The van der Waals surface area contributed by atoms with E-state index in [1.54, 1.807) is 6.08 Å². The number of rotatable bonds is 12. The van der Waals surface area contributed by atoms with Crippen molar-refractivity contribution in [2.45, 2.75) is 135 Å². The molecule has 0 amide bonds. The second kappa shape index (κ2) is 16.2. The van der Waals surface area contributed by atoms with Gasteiger partial charge in [-0.25, -0.2) is 4.79 Å². The maximum atomic E-state index is 12.1. The molecule has 3 saturated heterocycles. The maximum Gasteiger partial charge on any atom is 0.331 e. The lowest BCUT2D eigenvalue weighted by molar-refractivity contribution is -0.331. The molecule has 0 aromatic rings. The molecule has 10 unspecified atom stereocenters. The SMILES string of the molecule is CCC(C)=CC(=O)OCC1=CC(C)C2(O)C(=CC=CC(C)CC(C)=CCC3CC(OC=O)CC4(CCC(C)C(C)O4)O3)COC2C1O. The van der Waals surface area contributed by atoms with Crippen molar-refractivity contribution in [1.82, 2.24) is 0 Å². The first-order valence-electron chi connectivity index (χ1n) is 17.3. The van der Waals surface area contributed by atoms with E-state index in [2.05, 4.69) is 39.8 Å². The van der Waals surface area contributed by atoms with Gasteiger partial charge in [-0.1, -0.05) is 69.2 Å². The Morgan fingerprint density at radius 3 is 2.66 bits per heavy atom. The summed E-state index contributed by atoms with van der Waals surface area (Å²) < 4.78 is 29.6. The number of aliphatic hydroxyl groups excluding tert-OH is 1. The minimum atomic E-state index is -1.35. The Morgan fingerprint density at radius 2 is 1.96 bits per heavy atom. The maximum absolute atomic E-state index is 12.1. The lowest BCUT2D eigenvalue weighted by atomic mass is 9.71. The summed E-state index contributed by atoms with van der Waals surface area (Å²) in [5.74, 6) is -0.774. The van der Waals surface area contributed by atoms with Crippen LogP contribution in [0.2, 0.25) is 0 Å². The van der Waals surface area contributed by atoms with Crippen LogP contribution < -0.4 is 0 Å². The van der Waals surface area contributed by atoms with Crippen molar-refractivity contribution in [1.29, 1.82) is 0 Å². The van der Waals surface area contributed by atoms with Gasteiger partial charge in [0.2, 0.25) is 0 Å². The molecule has 4 rings (SSSR count). The van der Waals surface area contributed by atoms with E-state index in [9.17, 15) is 19.8 Å². The van der Waals surface area contributed by atoms with Crippen molar-refractivity contribution in [3.63, 3.8) is 0 Å². The molecule has 262 valence electrons. The standard InChI is InChI=1S/C38H56O9/c1-8-24(2)17-34(40)43-21-30-18-28(6)38(42)31(22-44-36(38)35(30)41)11-9-10-25(3)16-26(4)12-13-32-19-33(45-23-39)20-37(47-32)15-14-27(5)29(7)46-37/h9-12,17-18,23,25,27-29,32-33,35-36,41-42H,8,13-16,19-22H2,1-7H3. The highest BCUT2D eigenvalue weighted by atomic mass is 16.7. The molecule has 3 aliphatic heterocycles. The Kier molecular flexibility index (Phi) is 12.9. The lowest BCUT2D eigenvalue weighted by Crippen LogP contribution is -2.54. The van der Waals surface area contributed by atoms with E-state index in [1.807, 2.05) is 32.9 Å². The zero-order valence-electron chi connectivity index (χ0n) is 29.3. The van der Waals surface area contributed by atoms with Gasteiger partial charge in [-0.15, -0.1) is 0 Å². The molecule has 9 heteroatoms. The van der Waals surface area contributed by atoms with E-state index in [0.717, 1.165) is 37.7 Å². The number of ether oxygens (including phenoxy) is 5. The summed E-state index contributed by atoms with van der Waals surface area (Å²) in [5, 5.41) is 22.7. The van der Waals surface area contributed by atoms with Gasteiger partial charge in [-0.05, 0) is 69.4 Å². The molecule has 0 radical (unpaired) electrons. The van der Waals surface area contributed by atoms with Gasteiger partial charge in [-0.3, -0.25) is 4.79 Å². The smallest absolute Gasteiger partial charge is 0.331 e. The molecule has 9 nitrogen and oxygen atoms in total.